The van der Waals surface area contributed by atoms with Crippen molar-refractivity contribution >= 4 is 17.8 Å². The largest absolute Gasteiger partial charge is 0.573 e. The molecule has 2 rings (SSSR count). The number of amides is 1. The number of para-hydroxylation sites is 1. The van der Waals surface area contributed by atoms with Crippen molar-refractivity contribution < 1.29 is 32.2 Å². The maximum atomic E-state index is 12.4. The molecule has 1 amide bonds. The monoisotopic (exact) mass is 393 g/mol. The fourth-order valence-corrected chi connectivity index (χ4v) is 2.09. The first-order valence-corrected chi connectivity index (χ1v) is 8.16. The molecule has 0 heterocycles. The molecular weight excluding hydrogens is 375 g/mol. The highest BCUT2D eigenvalue weighted by atomic mass is 19.4. The van der Waals surface area contributed by atoms with Gasteiger partial charge in [-0.15, -0.1) is 13.2 Å². The van der Waals surface area contributed by atoms with Gasteiger partial charge in [0.25, 0.3) is 5.91 Å². The topological polar surface area (TPSA) is 55.8 Å². The summed E-state index contributed by atoms with van der Waals surface area (Å²) in [6, 6.07) is 11.6. The van der Waals surface area contributed by atoms with Gasteiger partial charge in [-0.1, -0.05) is 18.2 Å². The number of allylic oxidation sites excluding steroid dienone is 1. The quantitative estimate of drug-likeness (QED) is 0.528. The molecule has 0 aliphatic rings. The number of rotatable bonds is 7. The second-order valence-corrected chi connectivity index (χ2v) is 5.88. The van der Waals surface area contributed by atoms with E-state index in [1.807, 2.05) is 0 Å². The van der Waals surface area contributed by atoms with Crippen LogP contribution in [0.3, 0.4) is 0 Å². The van der Waals surface area contributed by atoms with Crippen molar-refractivity contribution in [2.45, 2.75) is 6.36 Å². The molecular formula is C20H18F3NO4. The van der Waals surface area contributed by atoms with E-state index in [1.54, 1.807) is 14.1 Å². The molecule has 0 fully saturated rings. The summed E-state index contributed by atoms with van der Waals surface area (Å²) in [4.78, 5) is 25.1. The maximum absolute atomic E-state index is 12.4. The predicted molar refractivity (Wildman–Crippen MR) is 97.1 cm³/mol. The molecule has 8 heteroatoms. The van der Waals surface area contributed by atoms with E-state index in [4.69, 9.17) is 4.74 Å². The molecule has 5 nitrogen and oxygen atoms in total. The standard InChI is InChI=1S/C20H18F3NO4/c1-24(2)19(26)13-27-16-10-7-14(8-11-16)17(25)12-9-15-5-3-4-6-18(15)28-20(21,22)23/h3-12H,13H2,1-2H3/b12-9+. The van der Waals surface area contributed by atoms with Crippen LogP contribution < -0.4 is 9.47 Å². The number of nitrogens with zero attached hydrogens (tertiary/aromatic N) is 1. The Morgan fingerprint density at radius 3 is 2.29 bits per heavy atom. The van der Waals surface area contributed by atoms with Crippen LogP contribution in [0.2, 0.25) is 0 Å². The minimum atomic E-state index is -4.82. The summed E-state index contributed by atoms with van der Waals surface area (Å²) in [5, 5.41) is 0. The van der Waals surface area contributed by atoms with Gasteiger partial charge in [0.1, 0.15) is 11.5 Å². The maximum Gasteiger partial charge on any atom is 0.573 e. The lowest BCUT2D eigenvalue weighted by Crippen LogP contribution is -2.27. The van der Waals surface area contributed by atoms with Crippen LogP contribution in [0.25, 0.3) is 6.08 Å². The minimum Gasteiger partial charge on any atom is -0.484 e. The van der Waals surface area contributed by atoms with Gasteiger partial charge in [-0.2, -0.15) is 0 Å². The van der Waals surface area contributed by atoms with E-state index < -0.39 is 17.9 Å². The van der Waals surface area contributed by atoms with Crippen LogP contribution in [0.4, 0.5) is 13.2 Å². The van der Waals surface area contributed by atoms with Gasteiger partial charge in [0.05, 0.1) is 0 Å². The van der Waals surface area contributed by atoms with Crippen molar-refractivity contribution in [3.8, 4) is 11.5 Å². The van der Waals surface area contributed by atoms with Crippen molar-refractivity contribution in [3.05, 3.63) is 65.7 Å². The average molecular weight is 393 g/mol. The van der Waals surface area contributed by atoms with E-state index >= 15 is 0 Å². The van der Waals surface area contributed by atoms with Gasteiger partial charge < -0.3 is 14.4 Å². The second kappa shape index (κ2) is 9.07. The SMILES string of the molecule is CN(C)C(=O)COc1ccc(C(=O)/C=C/c2ccccc2OC(F)(F)F)cc1. The number of ether oxygens (including phenoxy) is 2. The van der Waals surface area contributed by atoms with Crippen LogP contribution in [-0.2, 0) is 4.79 Å². The Morgan fingerprint density at radius 1 is 1.04 bits per heavy atom. The van der Waals surface area contributed by atoms with Crippen LogP contribution in [0.15, 0.2) is 54.6 Å². The first-order chi connectivity index (χ1) is 13.2. The highest BCUT2D eigenvalue weighted by Gasteiger charge is 2.31. The van der Waals surface area contributed by atoms with Crippen LogP contribution in [0.1, 0.15) is 15.9 Å². The lowest BCUT2D eigenvalue weighted by Gasteiger charge is -2.11. The summed E-state index contributed by atoms with van der Waals surface area (Å²) in [6.45, 7) is -0.129. The summed E-state index contributed by atoms with van der Waals surface area (Å²) in [5.74, 6) is -0.589. The third-order valence-electron chi connectivity index (χ3n) is 3.56. The molecule has 0 bridgehead atoms. The number of carbonyl (C=O) groups excluding carboxylic acids is 2. The normalized spacial score (nSPS) is 11.3. The third-order valence-corrected chi connectivity index (χ3v) is 3.56. The summed E-state index contributed by atoms with van der Waals surface area (Å²) in [5.41, 5.74) is 0.437. The minimum absolute atomic E-state index is 0.121. The van der Waals surface area contributed by atoms with Gasteiger partial charge >= 0.3 is 6.36 Å². The van der Waals surface area contributed by atoms with E-state index in [9.17, 15) is 22.8 Å². The van der Waals surface area contributed by atoms with Crippen molar-refractivity contribution in [1.82, 2.24) is 4.90 Å². The molecule has 0 aliphatic heterocycles. The Labute approximate surface area is 160 Å². The summed E-state index contributed by atoms with van der Waals surface area (Å²) in [6.07, 6.45) is -2.41. The number of halogens is 3. The first-order valence-electron chi connectivity index (χ1n) is 8.16. The Kier molecular flexibility index (Phi) is 6.81. The fraction of sp³-hybridized carbons (Fsp3) is 0.200. The van der Waals surface area contributed by atoms with Crippen LogP contribution in [0, 0.1) is 0 Å². The van der Waals surface area contributed by atoms with Crippen LogP contribution >= 0.6 is 0 Å². The number of benzene rings is 2. The molecule has 0 spiro atoms. The van der Waals surface area contributed by atoms with Gasteiger partial charge in [0, 0.05) is 25.2 Å². The molecule has 0 aromatic heterocycles. The zero-order chi connectivity index (χ0) is 20.7. The lowest BCUT2D eigenvalue weighted by atomic mass is 10.1. The summed E-state index contributed by atoms with van der Waals surface area (Å²) in [7, 11) is 3.22. The lowest BCUT2D eigenvalue weighted by molar-refractivity contribution is -0.274. The van der Waals surface area contributed by atoms with Gasteiger partial charge in [-0.05, 0) is 42.5 Å². The Hall–Kier alpha value is -3.29. The highest BCUT2D eigenvalue weighted by molar-refractivity contribution is 6.07. The molecule has 0 saturated carbocycles. The van der Waals surface area contributed by atoms with Crippen molar-refractivity contribution in [2.75, 3.05) is 20.7 Å². The first kappa shape index (κ1) is 21.0. The van der Waals surface area contributed by atoms with Gasteiger partial charge in [0.15, 0.2) is 12.4 Å². The van der Waals surface area contributed by atoms with Gasteiger partial charge in [-0.25, -0.2) is 0 Å². The molecule has 2 aromatic rings. The number of carbonyl (C=O) groups is 2. The number of hydrogen-bond donors (Lipinski definition) is 0. The second-order valence-electron chi connectivity index (χ2n) is 5.88. The number of likely N-dealkylation sites (N-methyl/N-ethyl adjacent to an activating group) is 1. The zero-order valence-corrected chi connectivity index (χ0v) is 15.2. The fourth-order valence-electron chi connectivity index (χ4n) is 2.09. The average Bonchev–Trinajstić information content (AvgIpc) is 2.64. The molecule has 0 radical (unpaired) electrons. The molecule has 0 saturated heterocycles. The zero-order valence-electron chi connectivity index (χ0n) is 15.2. The highest BCUT2D eigenvalue weighted by Crippen LogP contribution is 2.27. The number of alkyl halides is 3. The van der Waals surface area contributed by atoms with Gasteiger partial charge in [-0.3, -0.25) is 9.59 Å². The van der Waals surface area contributed by atoms with Crippen molar-refractivity contribution in [2.24, 2.45) is 0 Å². The van der Waals surface area contributed by atoms with E-state index in [1.165, 1.54) is 59.5 Å². The molecule has 28 heavy (non-hydrogen) atoms. The van der Waals surface area contributed by atoms with Crippen molar-refractivity contribution in [1.29, 1.82) is 0 Å². The Morgan fingerprint density at radius 2 is 1.68 bits per heavy atom. The predicted octanol–water partition coefficient (Wildman–Crippen LogP) is 3.95. The molecule has 148 valence electrons. The number of ketones is 1. The third kappa shape index (κ3) is 6.46. The number of hydrogen-bond acceptors (Lipinski definition) is 4. The molecule has 0 aliphatic carbocycles. The van der Waals surface area contributed by atoms with E-state index in [-0.39, 0.29) is 18.1 Å². The summed E-state index contributed by atoms with van der Waals surface area (Å²) >= 11 is 0. The molecule has 2 aromatic carbocycles. The Bertz CT molecular complexity index is 858. The summed E-state index contributed by atoms with van der Waals surface area (Å²) < 4.78 is 46.5. The Balaban J connectivity index is 2.04. The molecule has 0 N–H and O–H groups in total. The van der Waals surface area contributed by atoms with Gasteiger partial charge in [0.2, 0.25) is 0 Å². The smallest absolute Gasteiger partial charge is 0.484 e. The molecule has 0 unspecified atom stereocenters. The van der Waals surface area contributed by atoms with Crippen LogP contribution in [0.5, 0.6) is 11.5 Å². The van der Waals surface area contributed by atoms with Crippen molar-refractivity contribution in [3.63, 3.8) is 0 Å². The van der Waals surface area contributed by atoms with E-state index in [0.717, 1.165) is 6.08 Å². The molecule has 0 atom stereocenters. The van der Waals surface area contributed by atoms with E-state index in [2.05, 4.69) is 4.74 Å². The van der Waals surface area contributed by atoms with Crippen LogP contribution in [-0.4, -0.2) is 43.7 Å². The van der Waals surface area contributed by atoms with E-state index in [0.29, 0.717) is 11.3 Å².